The number of nitrogens with one attached hydrogen (secondary N) is 2. The van der Waals surface area contributed by atoms with Crippen LogP contribution in [0.25, 0.3) is 0 Å². The predicted octanol–water partition coefficient (Wildman–Crippen LogP) is 2.96. The van der Waals surface area contributed by atoms with Crippen LogP contribution in [0.1, 0.15) is 42.6 Å². The minimum Gasteiger partial charge on any atom is -0.352 e. The smallest absolute Gasteiger partial charge is 0.251 e. The first-order chi connectivity index (χ1) is 14.0. The molecule has 6 heteroatoms. The summed E-state index contributed by atoms with van der Waals surface area (Å²) >= 11 is 0. The van der Waals surface area contributed by atoms with Gasteiger partial charge < -0.3 is 15.5 Å². The molecule has 3 rings (SSSR count). The summed E-state index contributed by atoms with van der Waals surface area (Å²) < 4.78 is 0. The van der Waals surface area contributed by atoms with Crippen molar-refractivity contribution in [2.24, 2.45) is 0 Å². The average molecular weight is 393 g/mol. The largest absolute Gasteiger partial charge is 0.352 e. The van der Waals surface area contributed by atoms with Crippen molar-refractivity contribution in [3.63, 3.8) is 0 Å². The topological polar surface area (TPSA) is 78.5 Å². The lowest BCUT2D eigenvalue weighted by Crippen LogP contribution is -2.50. The highest BCUT2D eigenvalue weighted by Crippen LogP contribution is 2.37. The number of carbonyl (C=O) groups is 3. The summed E-state index contributed by atoms with van der Waals surface area (Å²) in [6.45, 7) is 5.09. The van der Waals surface area contributed by atoms with Crippen LogP contribution in [0.2, 0.25) is 0 Å². The van der Waals surface area contributed by atoms with Gasteiger partial charge in [0.05, 0.1) is 5.41 Å². The highest BCUT2D eigenvalue weighted by Gasteiger charge is 2.43. The Bertz CT molecular complexity index is 870. The number of piperidine rings is 1. The maximum Gasteiger partial charge on any atom is 0.251 e. The Hall–Kier alpha value is -3.15. The lowest BCUT2D eigenvalue weighted by Gasteiger charge is -2.40. The molecule has 0 spiro atoms. The normalized spacial score (nSPS) is 15.4. The van der Waals surface area contributed by atoms with Gasteiger partial charge in [-0.2, -0.15) is 0 Å². The number of anilines is 1. The second kappa shape index (κ2) is 8.90. The molecule has 6 nitrogen and oxygen atoms in total. The summed E-state index contributed by atoms with van der Waals surface area (Å²) in [6, 6.07) is 16.6. The number of benzene rings is 2. The molecule has 1 aliphatic heterocycles. The van der Waals surface area contributed by atoms with E-state index in [0.29, 0.717) is 43.7 Å². The Balaban J connectivity index is 1.81. The molecular weight excluding hydrogens is 366 g/mol. The van der Waals surface area contributed by atoms with Crippen LogP contribution in [-0.2, 0) is 15.0 Å². The highest BCUT2D eigenvalue weighted by molar-refractivity contribution is 6.00. The Kier molecular flexibility index (Phi) is 6.32. The van der Waals surface area contributed by atoms with Crippen LogP contribution in [0, 0.1) is 0 Å². The van der Waals surface area contributed by atoms with Gasteiger partial charge in [-0.1, -0.05) is 30.3 Å². The highest BCUT2D eigenvalue weighted by atomic mass is 16.2. The van der Waals surface area contributed by atoms with E-state index in [2.05, 4.69) is 10.6 Å². The average Bonchev–Trinajstić information content (AvgIpc) is 2.75. The molecule has 29 heavy (non-hydrogen) atoms. The van der Waals surface area contributed by atoms with Crippen LogP contribution in [-0.4, -0.2) is 42.3 Å². The van der Waals surface area contributed by atoms with Gasteiger partial charge in [-0.3, -0.25) is 14.4 Å². The number of carbonyl (C=O) groups excluding carboxylic acids is 3. The molecule has 0 saturated carbocycles. The number of likely N-dealkylation sites (tertiary alicyclic amines) is 1. The molecular formula is C23H27N3O3. The maximum atomic E-state index is 13.4. The molecule has 0 unspecified atom stereocenters. The minimum atomic E-state index is -0.689. The van der Waals surface area contributed by atoms with Gasteiger partial charge in [0.25, 0.3) is 5.91 Å². The molecule has 1 heterocycles. The van der Waals surface area contributed by atoms with Gasteiger partial charge in [0.15, 0.2) is 0 Å². The van der Waals surface area contributed by atoms with Gasteiger partial charge in [-0.05, 0) is 49.6 Å². The Labute approximate surface area is 171 Å². The number of rotatable bonds is 5. The molecule has 0 aromatic heterocycles. The van der Waals surface area contributed by atoms with Gasteiger partial charge in [-0.25, -0.2) is 0 Å². The molecule has 0 atom stereocenters. The summed E-state index contributed by atoms with van der Waals surface area (Å²) in [5.74, 6) is -0.187. The van der Waals surface area contributed by atoms with Crippen molar-refractivity contribution in [2.75, 3.05) is 25.0 Å². The van der Waals surface area contributed by atoms with Crippen LogP contribution in [0.3, 0.4) is 0 Å². The molecule has 2 aromatic carbocycles. The van der Waals surface area contributed by atoms with Crippen molar-refractivity contribution in [3.05, 3.63) is 65.7 Å². The van der Waals surface area contributed by atoms with E-state index in [1.54, 1.807) is 36.1 Å². The minimum absolute atomic E-state index is 0.0352. The third kappa shape index (κ3) is 4.47. The summed E-state index contributed by atoms with van der Waals surface area (Å²) in [5, 5.41) is 5.78. The van der Waals surface area contributed by atoms with E-state index >= 15 is 0 Å². The van der Waals surface area contributed by atoms with Crippen molar-refractivity contribution in [2.45, 2.75) is 32.1 Å². The quantitative estimate of drug-likeness (QED) is 0.820. The van der Waals surface area contributed by atoms with Gasteiger partial charge in [0, 0.05) is 37.8 Å². The molecule has 3 amide bonds. The zero-order valence-electron chi connectivity index (χ0n) is 16.9. The van der Waals surface area contributed by atoms with Gasteiger partial charge in [-0.15, -0.1) is 0 Å². The summed E-state index contributed by atoms with van der Waals surface area (Å²) in [4.78, 5) is 38.8. The van der Waals surface area contributed by atoms with Crippen LogP contribution in [0.4, 0.5) is 5.69 Å². The van der Waals surface area contributed by atoms with E-state index in [1.165, 1.54) is 0 Å². The van der Waals surface area contributed by atoms with E-state index in [0.717, 1.165) is 5.56 Å². The van der Waals surface area contributed by atoms with Gasteiger partial charge in [0.2, 0.25) is 11.8 Å². The van der Waals surface area contributed by atoms with E-state index in [-0.39, 0.29) is 17.7 Å². The Morgan fingerprint density at radius 1 is 0.966 bits per heavy atom. The molecule has 1 fully saturated rings. The van der Waals surface area contributed by atoms with Crippen LogP contribution in [0.15, 0.2) is 54.6 Å². The lowest BCUT2D eigenvalue weighted by atomic mass is 9.72. The van der Waals surface area contributed by atoms with E-state index < -0.39 is 5.41 Å². The second-order valence-corrected chi connectivity index (χ2v) is 7.35. The molecule has 2 aromatic rings. The van der Waals surface area contributed by atoms with Crippen molar-refractivity contribution in [1.82, 2.24) is 10.2 Å². The first-order valence-electron chi connectivity index (χ1n) is 9.97. The molecule has 0 bridgehead atoms. The van der Waals surface area contributed by atoms with Crippen molar-refractivity contribution in [3.8, 4) is 0 Å². The predicted molar refractivity (Wildman–Crippen MR) is 113 cm³/mol. The van der Waals surface area contributed by atoms with Crippen LogP contribution >= 0.6 is 0 Å². The van der Waals surface area contributed by atoms with Crippen LogP contribution in [0.5, 0.6) is 0 Å². The molecule has 0 aliphatic carbocycles. The van der Waals surface area contributed by atoms with E-state index in [4.69, 9.17) is 0 Å². The van der Waals surface area contributed by atoms with Crippen molar-refractivity contribution >= 4 is 23.4 Å². The molecule has 1 saturated heterocycles. The molecule has 152 valence electrons. The van der Waals surface area contributed by atoms with E-state index in [1.807, 2.05) is 37.3 Å². The summed E-state index contributed by atoms with van der Waals surface area (Å²) in [5.41, 5.74) is 1.47. The van der Waals surface area contributed by atoms with E-state index in [9.17, 15) is 14.4 Å². The number of hydrogen-bond donors (Lipinski definition) is 2. The molecule has 0 radical (unpaired) electrons. The Morgan fingerprint density at radius 3 is 2.14 bits per heavy atom. The standard InChI is InChI=1S/C23H27N3O3/c1-3-24-21(28)18-9-11-20(12-10-18)25-22(29)23(19-7-5-4-6-8-19)13-15-26(16-14-23)17(2)27/h4-12H,3,13-16H2,1-2H3,(H,24,28)(H,25,29). The zero-order valence-corrected chi connectivity index (χ0v) is 16.9. The fourth-order valence-electron chi connectivity index (χ4n) is 3.83. The van der Waals surface area contributed by atoms with Crippen molar-refractivity contribution in [1.29, 1.82) is 0 Å². The summed E-state index contributed by atoms with van der Waals surface area (Å²) in [7, 11) is 0. The fourth-order valence-corrected chi connectivity index (χ4v) is 3.83. The molecule has 2 N–H and O–H groups in total. The van der Waals surface area contributed by atoms with Gasteiger partial charge in [0.1, 0.15) is 0 Å². The summed E-state index contributed by atoms with van der Waals surface area (Å²) in [6.07, 6.45) is 1.14. The lowest BCUT2D eigenvalue weighted by molar-refractivity contribution is -0.133. The Morgan fingerprint density at radius 2 is 1.59 bits per heavy atom. The maximum absolute atomic E-state index is 13.4. The zero-order chi connectivity index (χ0) is 20.9. The third-order valence-corrected chi connectivity index (χ3v) is 5.57. The van der Waals surface area contributed by atoms with Crippen LogP contribution < -0.4 is 10.6 Å². The molecule has 1 aliphatic rings. The number of nitrogens with zero attached hydrogens (tertiary/aromatic N) is 1. The number of hydrogen-bond acceptors (Lipinski definition) is 3. The fraction of sp³-hybridized carbons (Fsp3) is 0.348. The van der Waals surface area contributed by atoms with Gasteiger partial charge >= 0.3 is 0 Å². The number of amides is 3. The first-order valence-corrected chi connectivity index (χ1v) is 9.97. The van der Waals surface area contributed by atoms with Crippen molar-refractivity contribution < 1.29 is 14.4 Å². The monoisotopic (exact) mass is 393 g/mol. The second-order valence-electron chi connectivity index (χ2n) is 7.35. The first kappa shape index (κ1) is 20.6. The SMILES string of the molecule is CCNC(=O)c1ccc(NC(=O)C2(c3ccccc3)CCN(C(C)=O)CC2)cc1. The third-order valence-electron chi connectivity index (χ3n) is 5.57.